The first kappa shape index (κ1) is 35.9. The molecule has 1 N–H and O–H groups in total. The van der Waals surface area contributed by atoms with Gasteiger partial charge in [0.05, 0.1) is 24.6 Å². The highest BCUT2D eigenvalue weighted by Gasteiger charge is 2.37. The summed E-state index contributed by atoms with van der Waals surface area (Å²) in [7, 11) is 1.51. The molecule has 1 aliphatic carbocycles. The summed E-state index contributed by atoms with van der Waals surface area (Å²) in [5, 5.41) is 21.4. The Kier molecular flexibility index (Phi) is 11.0. The number of halogens is 7. The summed E-state index contributed by atoms with van der Waals surface area (Å²) in [6.07, 6.45) is -6.65. The normalized spacial score (nSPS) is 13.4. The predicted octanol–water partition coefficient (Wildman–Crippen LogP) is 7.08. The van der Waals surface area contributed by atoms with Crippen molar-refractivity contribution in [3.05, 3.63) is 63.7 Å². The molecule has 2 aromatic carbocycles. The topological polar surface area (TPSA) is 87.4 Å². The summed E-state index contributed by atoms with van der Waals surface area (Å²) in [6, 6.07) is 5.67. The zero-order valence-corrected chi connectivity index (χ0v) is 26.3. The van der Waals surface area contributed by atoms with Gasteiger partial charge in [-0.3, -0.25) is 4.79 Å². The minimum atomic E-state index is -4.98. The molecule has 1 aromatic heterocycles. The van der Waals surface area contributed by atoms with Crippen LogP contribution in [0.1, 0.15) is 73.4 Å². The monoisotopic (exact) mass is 662 g/mol. The maximum atomic E-state index is 13.6. The fraction of sp³-hybridized carbons (Fsp3) is 0.533. The molecule has 0 amide bonds. The van der Waals surface area contributed by atoms with Gasteiger partial charge in [-0.05, 0) is 89.8 Å². The van der Waals surface area contributed by atoms with Crippen molar-refractivity contribution in [3.8, 4) is 0 Å². The molecule has 45 heavy (non-hydrogen) atoms. The number of hydrogen-bond donors (Lipinski definition) is 1. The molecule has 0 radical (unpaired) electrons. The number of tetrazole rings is 1. The standard InChI is InChI=1S/C30H36F6N6O2.ClH/c1-5-41(10-9-28(2,3)16-26(43)44)25-14-21-8-6-7-20(21)13-22(25)18-42(27-37-39-40(4)38-27)17-19-11-23(29(31,32)33)15-24(12-19)30(34,35)36;/h11-15H,5-10,16-18H2,1-4H3,(H,43,44);1H. The lowest BCUT2D eigenvalue weighted by atomic mass is 9.85. The van der Waals surface area contributed by atoms with Gasteiger partial charge in [0.1, 0.15) is 0 Å². The molecule has 15 heteroatoms. The Balaban J connectivity index is 0.00000552. The van der Waals surface area contributed by atoms with E-state index < -0.39 is 34.9 Å². The number of hydrogen-bond acceptors (Lipinski definition) is 6. The van der Waals surface area contributed by atoms with Crippen LogP contribution >= 0.6 is 12.4 Å². The van der Waals surface area contributed by atoms with Crippen molar-refractivity contribution in [1.29, 1.82) is 0 Å². The van der Waals surface area contributed by atoms with Gasteiger partial charge >= 0.3 is 18.3 Å². The second-order valence-corrected chi connectivity index (χ2v) is 12.0. The van der Waals surface area contributed by atoms with Crippen molar-refractivity contribution in [2.24, 2.45) is 12.5 Å². The smallest absolute Gasteiger partial charge is 0.416 e. The van der Waals surface area contributed by atoms with Crippen LogP contribution in [0, 0.1) is 5.41 Å². The molecule has 0 atom stereocenters. The molecule has 8 nitrogen and oxygen atoms in total. The number of aliphatic carboxylic acids is 1. The maximum absolute atomic E-state index is 13.6. The summed E-state index contributed by atoms with van der Waals surface area (Å²) in [5.41, 5.74) is 0.533. The van der Waals surface area contributed by atoms with E-state index in [-0.39, 0.29) is 49.5 Å². The first-order valence-electron chi connectivity index (χ1n) is 14.3. The molecule has 0 fully saturated rings. The van der Waals surface area contributed by atoms with Crippen molar-refractivity contribution >= 4 is 30.0 Å². The maximum Gasteiger partial charge on any atom is 0.416 e. The Morgan fingerprint density at radius 3 is 2.04 bits per heavy atom. The van der Waals surface area contributed by atoms with Crippen molar-refractivity contribution in [2.75, 3.05) is 22.9 Å². The Labute approximate surface area is 263 Å². The van der Waals surface area contributed by atoms with E-state index in [9.17, 15) is 36.2 Å². The van der Waals surface area contributed by atoms with E-state index in [1.165, 1.54) is 22.3 Å². The molecule has 1 aliphatic rings. The van der Waals surface area contributed by atoms with Crippen LogP contribution in [-0.4, -0.2) is 44.4 Å². The number of anilines is 2. The number of alkyl halides is 6. The van der Waals surface area contributed by atoms with Gasteiger partial charge in [0.2, 0.25) is 0 Å². The SMILES string of the molecule is CCN(CCC(C)(C)CC(=O)O)c1cc2c(cc1CN(Cc1cc(C(F)(F)F)cc(C(F)(F)F)c1)c1nnn(C)n1)CCC2.Cl. The van der Waals surface area contributed by atoms with Crippen molar-refractivity contribution in [3.63, 3.8) is 0 Å². The Bertz CT molecular complexity index is 1460. The number of carboxylic acids is 1. The largest absolute Gasteiger partial charge is 0.481 e. The average molecular weight is 663 g/mol. The van der Waals surface area contributed by atoms with Gasteiger partial charge in [-0.15, -0.1) is 17.5 Å². The molecule has 0 unspecified atom stereocenters. The summed E-state index contributed by atoms with van der Waals surface area (Å²) in [6.45, 7) is 6.66. The number of benzene rings is 2. The van der Waals surface area contributed by atoms with E-state index in [0.717, 1.165) is 36.1 Å². The first-order valence-corrected chi connectivity index (χ1v) is 14.3. The van der Waals surface area contributed by atoms with Crippen molar-refractivity contribution in [2.45, 2.75) is 78.3 Å². The van der Waals surface area contributed by atoms with Crippen molar-refractivity contribution < 1.29 is 36.2 Å². The third-order valence-corrected chi connectivity index (χ3v) is 7.87. The summed E-state index contributed by atoms with van der Waals surface area (Å²) in [4.78, 5) is 16.2. The van der Waals surface area contributed by atoms with Gasteiger partial charge in [-0.25, -0.2) is 0 Å². The van der Waals surface area contributed by atoms with Crippen LogP contribution in [0.15, 0.2) is 30.3 Å². The molecule has 0 bridgehead atoms. The lowest BCUT2D eigenvalue weighted by Crippen LogP contribution is -2.31. The van der Waals surface area contributed by atoms with Gasteiger partial charge < -0.3 is 14.9 Å². The van der Waals surface area contributed by atoms with E-state index in [1.54, 1.807) is 0 Å². The fourth-order valence-corrected chi connectivity index (χ4v) is 5.60. The minimum Gasteiger partial charge on any atom is -0.481 e. The molecule has 0 aliphatic heterocycles. The molecular weight excluding hydrogens is 626 g/mol. The second kappa shape index (κ2) is 13.8. The average Bonchev–Trinajstić information content (AvgIpc) is 3.55. The van der Waals surface area contributed by atoms with E-state index >= 15 is 0 Å². The van der Waals surface area contributed by atoms with E-state index in [2.05, 4.69) is 26.4 Å². The number of carbonyl (C=O) groups is 1. The van der Waals surface area contributed by atoms with E-state index in [0.29, 0.717) is 31.6 Å². The van der Waals surface area contributed by atoms with E-state index in [4.69, 9.17) is 0 Å². The van der Waals surface area contributed by atoms with Crippen LogP contribution in [0.25, 0.3) is 0 Å². The fourth-order valence-electron chi connectivity index (χ4n) is 5.60. The van der Waals surface area contributed by atoms with Gasteiger partial charge in [0.25, 0.3) is 5.95 Å². The third-order valence-electron chi connectivity index (χ3n) is 7.87. The highest BCUT2D eigenvalue weighted by atomic mass is 35.5. The highest BCUT2D eigenvalue weighted by molar-refractivity contribution is 5.85. The van der Waals surface area contributed by atoms with Gasteiger partial charge in [0.15, 0.2) is 0 Å². The predicted molar refractivity (Wildman–Crippen MR) is 159 cm³/mol. The van der Waals surface area contributed by atoms with Gasteiger partial charge in [0, 0.05) is 31.9 Å². The molecule has 0 saturated carbocycles. The molecule has 4 rings (SSSR count). The first-order chi connectivity index (χ1) is 20.4. The van der Waals surface area contributed by atoms with Crippen LogP contribution in [0.3, 0.4) is 0 Å². The van der Waals surface area contributed by atoms with E-state index in [1.807, 2.05) is 26.8 Å². The Hall–Kier alpha value is -3.55. The van der Waals surface area contributed by atoms with Crippen LogP contribution < -0.4 is 9.80 Å². The molecular formula is C30H37ClF6N6O2. The molecule has 3 aromatic rings. The number of carboxylic acid groups (broad SMARTS) is 1. The molecule has 248 valence electrons. The summed E-state index contributed by atoms with van der Waals surface area (Å²) < 4.78 is 81.7. The number of aryl methyl sites for hydroxylation is 3. The molecule has 0 spiro atoms. The Morgan fingerprint density at radius 1 is 0.933 bits per heavy atom. The quantitative estimate of drug-likeness (QED) is 0.207. The highest BCUT2D eigenvalue weighted by Crippen LogP contribution is 2.38. The van der Waals surface area contributed by atoms with Gasteiger partial charge in [-0.2, -0.15) is 31.1 Å². The van der Waals surface area contributed by atoms with Crippen LogP contribution in [0.2, 0.25) is 0 Å². The number of nitrogens with zero attached hydrogens (tertiary/aromatic N) is 6. The molecule has 0 saturated heterocycles. The minimum absolute atomic E-state index is 0. The molecule has 1 heterocycles. The van der Waals surface area contributed by atoms with Crippen LogP contribution in [-0.2, 0) is 50.1 Å². The Morgan fingerprint density at radius 2 is 1.53 bits per heavy atom. The number of aromatic nitrogens is 4. The van der Waals surface area contributed by atoms with Gasteiger partial charge in [-0.1, -0.05) is 25.0 Å². The van der Waals surface area contributed by atoms with Crippen LogP contribution in [0.5, 0.6) is 0 Å². The number of rotatable bonds is 12. The summed E-state index contributed by atoms with van der Waals surface area (Å²) >= 11 is 0. The lowest BCUT2D eigenvalue weighted by molar-refractivity contribution is -0.143. The summed E-state index contributed by atoms with van der Waals surface area (Å²) in [5.74, 6) is -0.831. The van der Waals surface area contributed by atoms with Crippen LogP contribution in [0.4, 0.5) is 38.0 Å². The third kappa shape index (κ3) is 9.24. The second-order valence-electron chi connectivity index (χ2n) is 12.0. The zero-order valence-electron chi connectivity index (χ0n) is 25.5. The number of fused-ring (bicyclic) bond motifs is 1. The van der Waals surface area contributed by atoms with Crippen molar-refractivity contribution in [1.82, 2.24) is 20.2 Å². The lowest BCUT2D eigenvalue weighted by Gasteiger charge is -2.32. The zero-order chi connectivity index (χ0) is 32.4.